The molecular weight excluding hydrogens is 230 g/mol. The van der Waals surface area contributed by atoms with Crippen molar-refractivity contribution >= 4 is 5.78 Å². The summed E-state index contributed by atoms with van der Waals surface area (Å²) in [4.78, 5) is 13.9. The first kappa shape index (κ1) is 15.6. The van der Waals surface area contributed by atoms with Crippen LogP contribution in [0.15, 0.2) is 0 Å². The van der Waals surface area contributed by atoms with Crippen molar-refractivity contribution in [2.45, 2.75) is 46.2 Å². The summed E-state index contributed by atoms with van der Waals surface area (Å²) in [6, 6.07) is 0.840. The fourth-order valence-electron chi connectivity index (χ4n) is 2.17. The number of morpholine rings is 1. The van der Waals surface area contributed by atoms with E-state index in [9.17, 15) is 4.79 Å². The van der Waals surface area contributed by atoms with Gasteiger partial charge in [-0.15, -0.1) is 0 Å². The van der Waals surface area contributed by atoms with E-state index in [2.05, 4.69) is 18.7 Å². The van der Waals surface area contributed by atoms with E-state index in [1.54, 1.807) is 0 Å². The highest BCUT2D eigenvalue weighted by Crippen LogP contribution is 2.11. The standard InChI is InChI=1S/C14H27NO3/c1-11(2)14(16)5-7-17-9-13-10-18-8-6-15(13)12(3)4/h11-13H,5-10H2,1-4H3. The monoisotopic (exact) mass is 257 g/mol. The van der Waals surface area contributed by atoms with Gasteiger partial charge in [0.2, 0.25) is 0 Å². The van der Waals surface area contributed by atoms with Crippen LogP contribution in [-0.2, 0) is 14.3 Å². The number of carbonyl (C=O) groups is 1. The third-order valence-electron chi connectivity index (χ3n) is 3.38. The lowest BCUT2D eigenvalue weighted by atomic mass is 10.1. The van der Waals surface area contributed by atoms with E-state index in [1.807, 2.05) is 13.8 Å². The van der Waals surface area contributed by atoms with Gasteiger partial charge in [0.1, 0.15) is 5.78 Å². The van der Waals surface area contributed by atoms with Gasteiger partial charge in [0.05, 0.1) is 32.5 Å². The van der Waals surface area contributed by atoms with Gasteiger partial charge in [-0.05, 0) is 13.8 Å². The molecular formula is C14H27NO3. The van der Waals surface area contributed by atoms with E-state index < -0.39 is 0 Å². The Kier molecular flexibility index (Phi) is 6.82. The molecule has 1 aliphatic rings. The summed E-state index contributed by atoms with van der Waals surface area (Å²) in [5.74, 6) is 0.384. The summed E-state index contributed by atoms with van der Waals surface area (Å²) < 4.78 is 11.1. The van der Waals surface area contributed by atoms with Crippen LogP contribution in [0.4, 0.5) is 0 Å². The molecule has 0 amide bonds. The molecule has 18 heavy (non-hydrogen) atoms. The van der Waals surface area contributed by atoms with E-state index in [0.717, 1.165) is 19.8 Å². The zero-order valence-electron chi connectivity index (χ0n) is 12.1. The molecule has 1 atom stereocenters. The first-order chi connectivity index (χ1) is 8.52. The third kappa shape index (κ3) is 5.04. The molecule has 106 valence electrons. The minimum Gasteiger partial charge on any atom is -0.379 e. The minimum atomic E-state index is 0.110. The molecule has 0 N–H and O–H groups in total. The Hall–Kier alpha value is -0.450. The van der Waals surface area contributed by atoms with Crippen molar-refractivity contribution in [3.8, 4) is 0 Å². The third-order valence-corrected chi connectivity index (χ3v) is 3.38. The number of hydrogen-bond donors (Lipinski definition) is 0. The SMILES string of the molecule is CC(C)C(=O)CCOCC1COCCN1C(C)C. The Morgan fingerprint density at radius 3 is 2.72 bits per heavy atom. The van der Waals surface area contributed by atoms with E-state index >= 15 is 0 Å². The maximum Gasteiger partial charge on any atom is 0.137 e. The summed E-state index contributed by atoms with van der Waals surface area (Å²) in [6.07, 6.45) is 0.521. The van der Waals surface area contributed by atoms with Crippen LogP contribution in [0.5, 0.6) is 0 Å². The van der Waals surface area contributed by atoms with Crippen molar-refractivity contribution in [1.29, 1.82) is 0 Å². The van der Waals surface area contributed by atoms with Gasteiger partial charge in [-0.2, -0.15) is 0 Å². The molecule has 0 aromatic rings. The molecule has 0 saturated carbocycles. The summed E-state index contributed by atoms with van der Waals surface area (Å²) in [7, 11) is 0. The Labute approximate surface area is 111 Å². The molecule has 0 aromatic carbocycles. The number of Topliss-reactive ketones (excluding diaryl/α,β-unsaturated/α-hetero) is 1. The molecule has 1 saturated heterocycles. The van der Waals surface area contributed by atoms with Crippen LogP contribution < -0.4 is 0 Å². The van der Waals surface area contributed by atoms with Crippen molar-refractivity contribution in [1.82, 2.24) is 4.90 Å². The molecule has 0 radical (unpaired) electrons. The highest BCUT2D eigenvalue weighted by atomic mass is 16.5. The van der Waals surface area contributed by atoms with Crippen molar-refractivity contribution in [2.75, 3.05) is 33.0 Å². The fourth-order valence-corrected chi connectivity index (χ4v) is 2.17. The lowest BCUT2D eigenvalue weighted by Crippen LogP contribution is -2.51. The van der Waals surface area contributed by atoms with Gasteiger partial charge in [0.15, 0.2) is 0 Å². The Balaban J connectivity index is 2.22. The molecule has 0 aliphatic carbocycles. The summed E-state index contributed by atoms with van der Waals surface area (Å²) in [5.41, 5.74) is 0. The van der Waals surface area contributed by atoms with Crippen LogP contribution >= 0.6 is 0 Å². The largest absolute Gasteiger partial charge is 0.379 e. The molecule has 0 spiro atoms. The van der Waals surface area contributed by atoms with Gasteiger partial charge >= 0.3 is 0 Å². The van der Waals surface area contributed by atoms with Gasteiger partial charge in [-0.25, -0.2) is 0 Å². The van der Waals surface area contributed by atoms with Gasteiger partial charge in [0.25, 0.3) is 0 Å². The predicted molar refractivity (Wildman–Crippen MR) is 71.7 cm³/mol. The second kappa shape index (κ2) is 7.87. The average molecular weight is 257 g/mol. The van der Waals surface area contributed by atoms with Gasteiger partial charge in [0, 0.05) is 24.9 Å². The number of ether oxygens (including phenoxy) is 2. The fraction of sp³-hybridized carbons (Fsp3) is 0.929. The number of nitrogens with zero attached hydrogens (tertiary/aromatic N) is 1. The lowest BCUT2D eigenvalue weighted by Gasteiger charge is -2.38. The molecule has 1 fully saturated rings. The molecule has 1 aliphatic heterocycles. The molecule has 0 aromatic heterocycles. The normalized spacial score (nSPS) is 21.8. The molecule has 4 nitrogen and oxygen atoms in total. The van der Waals surface area contributed by atoms with E-state index in [1.165, 1.54) is 0 Å². The predicted octanol–water partition coefficient (Wildman–Crippen LogP) is 1.73. The Bertz CT molecular complexity index is 253. The van der Waals surface area contributed by atoms with Crippen LogP contribution in [-0.4, -0.2) is 55.7 Å². The van der Waals surface area contributed by atoms with Crippen molar-refractivity contribution in [3.63, 3.8) is 0 Å². The summed E-state index contributed by atoms with van der Waals surface area (Å²) in [5, 5.41) is 0. The number of rotatable bonds is 7. The van der Waals surface area contributed by atoms with Crippen LogP contribution in [0, 0.1) is 5.92 Å². The van der Waals surface area contributed by atoms with Crippen molar-refractivity contribution in [3.05, 3.63) is 0 Å². The van der Waals surface area contributed by atoms with Crippen molar-refractivity contribution in [2.24, 2.45) is 5.92 Å². The highest BCUT2D eigenvalue weighted by Gasteiger charge is 2.25. The molecule has 0 bridgehead atoms. The maximum absolute atomic E-state index is 11.5. The van der Waals surface area contributed by atoms with Crippen LogP contribution in [0.1, 0.15) is 34.1 Å². The first-order valence-corrected chi connectivity index (χ1v) is 6.96. The van der Waals surface area contributed by atoms with Gasteiger partial charge in [-0.3, -0.25) is 9.69 Å². The molecule has 4 heteroatoms. The summed E-state index contributed by atoms with van der Waals surface area (Å²) >= 11 is 0. The highest BCUT2D eigenvalue weighted by molar-refractivity contribution is 5.80. The van der Waals surface area contributed by atoms with E-state index in [0.29, 0.717) is 31.7 Å². The van der Waals surface area contributed by atoms with Crippen molar-refractivity contribution < 1.29 is 14.3 Å². The van der Waals surface area contributed by atoms with Gasteiger partial charge in [-0.1, -0.05) is 13.8 Å². The van der Waals surface area contributed by atoms with Crippen LogP contribution in [0.2, 0.25) is 0 Å². The molecule has 1 unspecified atom stereocenters. The van der Waals surface area contributed by atoms with E-state index in [4.69, 9.17) is 9.47 Å². The van der Waals surface area contributed by atoms with Crippen LogP contribution in [0.3, 0.4) is 0 Å². The second-order valence-corrected chi connectivity index (χ2v) is 5.51. The Morgan fingerprint density at radius 1 is 1.39 bits per heavy atom. The second-order valence-electron chi connectivity index (χ2n) is 5.51. The minimum absolute atomic E-state index is 0.110. The lowest BCUT2D eigenvalue weighted by molar-refractivity contribution is -0.123. The average Bonchev–Trinajstić information content (AvgIpc) is 2.34. The summed E-state index contributed by atoms with van der Waals surface area (Å²) in [6.45, 7) is 11.9. The van der Waals surface area contributed by atoms with Gasteiger partial charge < -0.3 is 9.47 Å². The zero-order chi connectivity index (χ0) is 13.5. The van der Waals surface area contributed by atoms with E-state index in [-0.39, 0.29) is 11.7 Å². The quantitative estimate of drug-likeness (QED) is 0.651. The number of carbonyl (C=O) groups excluding carboxylic acids is 1. The first-order valence-electron chi connectivity index (χ1n) is 6.96. The Morgan fingerprint density at radius 2 is 2.11 bits per heavy atom. The van der Waals surface area contributed by atoms with Crippen LogP contribution in [0.25, 0.3) is 0 Å². The maximum atomic E-state index is 11.5. The molecule has 1 rings (SSSR count). The topological polar surface area (TPSA) is 38.8 Å². The smallest absolute Gasteiger partial charge is 0.137 e. The number of ketones is 1. The zero-order valence-corrected chi connectivity index (χ0v) is 12.1. The molecule has 1 heterocycles. The number of hydrogen-bond acceptors (Lipinski definition) is 4.